The van der Waals surface area contributed by atoms with E-state index in [-0.39, 0.29) is 0 Å². The van der Waals surface area contributed by atoms with Crippen LogP contribution in [0.3, 0.4) is 0 Å². The lowest BCUT2D eigenvalue weighted by Crippen LogP contribution is -2.17. The molecule has 33 heavy (non-hydrogen) atoms. The first kappa shape index (κ1) is 25.7. The Balaban J connectivity index is 1.94. The zero-order chi connectivity index (χ0) is 24.6. The van der Waals surface area contributed by atoms with Crippen LogP contribution in [0.1, 0.15) is 105 Å². The molecule has 2 aromatic carbocycles. The molecule has 0 unspecified atom stereocenters. The average Bonchev–Trinajstić information content (AvgIpc) is 2.79. The zero-order valence-electron chi connectivity index (χ0n) is 22.2. The molecule has 0 heterocycles. The van der Waals surface area contributed by atoms with Crippen LogP contribution in [0.15, 0.2) is 12.2 Å². The Morgan fingerprint density at radius 2 is 1.00 bits per heavy atom. The highest BCUT2D eigenvalue weighted by molar-refractivity contribution is 5.56. The number of benzene rings is 2. The molecule has 1 saturated carbocycles. The maximum absolute atomic E-state index is 12.5. The highest BCUT2D eigenvalue weighted by atomic mass is 19.3. The lowest BCUT2D eigenvalue weighted by atomic mass is 9.73. The molecule has 0 bridgehead atoms. The van der Waals surface area contributed by atoms with Gasteiger partial charge in [-0.15, -0.1) is 0 Å². The van der Waals surface area contributed by atoms with Crippen molar-refractivity contribution in [2.75, 3.05) is 0 Å². The van der Waals surface area contributed by atoms with Crippen LogP contribution < -0.4 is 0 Å². The van der Waals surface area contributed by atoms with Crippen molar-refractivity contribution in [1.29, 1.82) is 0 Å². The maximum Gasteiger partial charge on any atom is 0.266 e. The minimum absolute atomic E-state index is 0.406. The van der Waals surface area contributed by atoms with Crippen molar-refractivity contribution in [3.63, 3.8) is 0 Å². The summed E-state index contributed by atoms with van der Waals surface area (Å²) in [7, 11) is 0. The Morgan fingerprint density at radius 1 is 0.606 bits per heavy atom. The molecule has 0 N–H and O–H groups in total. The van der Waals surface area contributed by atoms with E-state index in [9.17, 15) is 8.78 Å². The zero-order valence-corrected chi connectivity index (χ0v) is 22.2. The summed E-state index contributed by atoms with van der Waals surface area (Å²) in [6.07, 6.45) is 5.42. The molecule has 180 valence electrons. The van der Waals surface area contributed by atoms with E-state index in [1.54, 1.807) is 0 Å². The third kappa shape index (κ3) is 4.96. The van der Waals surface area contributed by atoms with Gasteiger partial charge in [0.15, 0.2) is 0 Å². The van der Waals surface area contributed by atoms with Gasteiger partial charge in [0.2, 0.25) is 0 Å². The van der Waals surface area contributed by atoms with E-state index in [1.165, 1.54) is 66.8 Å². The van der Waals surface area contributed by atoms with Gasteiger partial charge in [0.1, 0.15) is 0 Å². The summed E-state index contributed by atoms with van der Waals surface area (Å²) < 4.78 is 25.0. The van der Waals surface area contributed by atoms with Crippen LogP contribution >= 0.6 is 0 Å². The van der Waals surface area contributed by atoms with Gasteiger partial charge in [-0.1, -0.05) is 0 Å². The minimum Gasteiger partial charge on any atom is -0.174 e. The van der Waals surface area contributed by atoms with Gasteiger partial charge in [-0.3, -0.25) is 0 Å². The second-order valence-corrected chi connectivity index (χ2v) is 10.6. The topological polar surface area (TPSA) is 0 Å². The molecular weight excluding hydrogens is 410 g/mol. The summed E-state index contributed by atoms with van der Waals surface area (Å²) in [5, 5.41) is 0. The van der Waals surface area contributed by atoms with E-state index in [0.717, 1.165) is 38.2 Å². The first-order chi connectivity index (χ1) is 15.5. The smallest absolute Gasteiger partial charge is 0.174 e. The second-order valence-electron chi connectivity index (χ2n) is 10.6. The molecule has 0 aromatic heterocycles. The van der Waals surface area contributed by atoms with Crippen molar-refractivity contribution in [3.8, 4) is 0 Å². The molecule has 1 fully saturated rings. The Morgan fingerprint density at radius 3 is 1.42 bits per heavy atom. The molecule has 2 heteroatoms. The average molecular weight is 453 g/mol. The molecular formula is C31H42F2. The van der Waals surface area contributed by atoms with Crippen LogP contribution in [0.2, 0.25) is 0 Å². The Hall–Kier alpha value is -1.96. The van der Waals surface area contributed by atoms with Crippen LogP contribution in [-0.4, -0.2) is 0 Å². The fraction of sp³-hybridized carbons (Fsp3) is 0.548. The summed E-state index contributed by atoms with van der Waals surface area (Å²) in [6, 6.07) is 0. The van der Waals surface area contributed by atoms with Crippen LogP contribution in [-0.2, 0) is 6.42 Å². The fourth-order valence-electron chi connectivity index (χ4n) is 6.26. The summed E-state index contributed by atoms with van der Waals surface area (Å²) >= 11 is 0. The van der Waals surface area contributed by atoms with Gasteiger partial charge in [0.25, 0.3) is 6.08 Å². The quantitative estimate of drug-likeness (QED) is 0.424. The first-order valence-corrected chi connectivity index (χ1v) is 12.6. The van der Waals surface area contributed by atoms with E-state index in [0.29, 0.717) is 18.3 Å². The molecule has 0 atom stereocenters. The summed E-state index contributed by atoms with van der Waals surface area (Å²) in [4.78, 5) is 0. The highest BCUT2D eigenvalue weighted by Crippen LogP contribution is 2.42. The molecule has 2 aromatic rings. The van der Waals surface area contributed by atoms with Crippen molar-refractivity contribution >= 4 is 0 Å². The van der Waals surface area contributed by atoms with Gasteiger partial charge < -0.3 is 0 Å². The summed E-state index contributed by atoms with van der Waals surface area (Å²) in [5.74, 6) is 0.961. The molecule has 0 amide bonds. The Kier molecular flexibility index (Phi) is 7.87. The van der Waals surface area contributed by atoms with E-state index >= 15 is 0 Å². The molecule has 0 aliphatic heterocycles. The van der Waals surface area contributed by atoms with Gasteiger partial charge in [-0.05, 0) is 186 Å². The molecule has 3 rings (SSSR count). The summed E-state index contributed by atoms with van der Waals surface area (Å²) in [6.45, 7) is 20.5. The lowest BCUT2D eigenvalue weighted by Gasteiger charge is -2.32. The summed E-state index contributed by atoms with van der Waals surface area (Å²) in [5.41, 5.74) is 17.4. The Bertz CT molecular complexity index is 1020. The van der Waals surface area contributed by atoms with Gasteiger partial charge in [-0.25, -0.2) is 0 Å². The third-order valence-corrected chi connectivity index (χ3v) is 9.21. The van der Waals surface area contributed by atoms with Crippen molar-refractivity contribution in [2.24, 2.45) is 5.92 Å². The molecule has 0 nitrogen and oxygen atoms in total. The van der Waals surface area contributed by atoms with Crippen molar-refractivity contribution < 1.29 is 8.78 Å². The molecule has 1 aliphatic rings. The SMILES string of the molecule is Cc1c(C)c(C)c(Cc2c(C)c(C)c(C3CCC(CC=C(F)F)CC3)c(C)c2C)c(C)c1C. The van der Waals surface area contributed by atoms with Gasteiger partial charge in [0, 0.05) is 0 Å². The van der Waals surface area contributed by atoms with Crippen LogP contribution in [0.4, 0.5) is 8.78 Å². The maximum atomic E-state index is 12.5. The fourth-order valence-corrected chi connectivity index (χ4v) is 6.26. The first-order valence-electron chi connectivity index (χ1n) is 12.6. The third-order valence-electron chi connectivity index (χ3n) is 9.21. The number of rotatable bonds is 5. The second kappa shape index (κ2) is 10.1. The lowest BCUT2D eigenvalue weighted by molar-refractivity contribution is 0.321. The molecule has 0 saturated heterocycles. The van der Waals surface area contributed by atoms with Gasteiger partial charge >= 0.3 is 0 Å². The minimum atomic E-state index is -1.53. The van der Waals surface area contributed by atoms with Crippen LogP contribution in [0.5, 0.6) is 0 Å². The number of hydrogen-bond donors (Lipinski definition) is 0. The monoisotopic (exact) mass is 452 g/mol. The standard InChI is InChI=1S/C31H42F2/c1-17-18(2)20(4)28(21(5)19(17)3)16-29-22(6)24(8)31(25(9)23(29)7)27-13-10-26(11-14-27)12-15-30(32)33/h15,26-27H,10-14,16H2,1-9H3. The van der Waals surface area contributed by atoms with Crippen molar-refractivity contribution in [3.05, 3.63) is 78.9 Å². The van der Waals surface area contributed by atoms with Gasteiger partial charge in [-0.2, -0.15) is 8.78 Å². The van der Waals surface area contributed by atoms with E-state index in [4.69, 9.17) is 0 Å². The van der Waals surface area contributed by atoms with E-state index < -0.39 is 6.08 Å². The van der Waals surface area contributed by atoms with Crippen molar-refractivity contribution in [1.82, 2.24) is 0 Å². The van der Waals surface area contributed by atoms with E-state index in [1.807, 2.05) is 0 Å². The van der Waals surface area contributed by atoms with Crippen molar-refractivity contribution in [2.45, 2.75) is 107 Å². The van der Waals surface area contributed by atoms with Crippen LogP contribution in [0.25, 0.3) is 0 Å². The molecule has 0 radical (unpaired) electrons. The number of hydrogen-bond acceptors (Lipinski definition) is 0. The normalized spacial score (nSPS) is 18.5. The van der Waals surface area contributed by atoms with Crippen LogP contribution in [0, 0.1) is 68.2 Å². The Labute approximate surface area is 200 Å². The highest BCUT2D eigenvalue weighted by Gasteiger charge is 2.27. The molecule has 1 aliphatic carbocycles. The number of allylic oxidation sites excluding steroid dienone is 1. The number of halogens is 2. The largest absolute Gasteiger partial charge is 0.266 e. The predicted molar refractivity (Wildman–Crippen MR) is 138 cm³/mol. The van der Waals surface area contributed by atoms with Gasteiger partial charge in [0.05, 0.1) is 0 Å². The molecule has 0 spiro atoms. The van der Waals surface area contributed by atoms with E-state index in [2.05, 4.69) is 62.3 Å². The predicted octanol–water partition coefficient (Wildman–Crippen LogP) is 9.50.